The smallest absolute Gasteiger partial charge is 0.336 e. The number of fused-ring (bicyclic) bond motifs is 8. The lowest BCUT2D eigenvalue weighted by Crippen LogP contribution is -2.39. The molecule has 0 radical (unpaired) electrons. The lowest BCUT2D eigenvalue weighted by atomic mass is 9.82. The van der Waals surface area contributed by atoms with Crippen molar-refractivity contribution in [2.24, 2.45) is 41.4 Å². The van der Waals surface area contributed by atoms with Crippen LogP contribution in [0, 0.1) is 41.4 Å². The third-order valence-corrected chi connectivity index (χ3v) is 29.4. The van der Waals surface area contributed by atoms with E-state index in [-0.39, 0.29) is 141 Å². The van der Waals surface area contributed by atoms with Crippen LogP contribution in [0.25, 0.3) is 0 Å². The highest BCUT2D eigenvalue weighted by atomic mass is 16.6. The van der Waals surface area contributed by atoms with E-state index in [4.69, 9.17) is 57.2 Å². The Balaban J connectivity index is 0.000000195. The fourth-order valence-electron chi connectivity index (χ4n) is 20.4. The van der Waals surface area contributed by atoms with Crippen molar-refractivity contribution in [2.45, 2.75) is 319 Å². The zero-order chi connectivity index (χ0) is 111. The summed E-state index contributed by atoms with van der Waals surface area (Å²) in [5.74, 6) is -7.40. The summed E-state index contributed by atoms with van der Waals surface area (Å²) in [5, 5.41) is 137. The quantitative estimate of drug-likeness (QED) is 0.0318. The van der Waals surface area contributed by atoms with Crippen LogP contribution in [0.2, 0.25) is 0 Å². The number of hydrogen-bond acceptors (Lipinski definition) is 35. The molecule has 0 spiro atoms. The molecule has 14 N–H and O–H groups in total. The Kier molecular flexibility index (Phi) is 44.4. The van der Waals surface area contributed by atoms with Crippen LogP contribution >= 0.6 is 0 Å². The van der Waals surface area contributed by atoms with Gasteiger partial charge in [-0.25, -0.2) is 38.4 Å². The van der Waals surface area contributed by atoms with E-state index in [2.05, 4.69) is 71.9 Å². The molecular formula is C114H150O35. The summed E-state index contributed by atoms with van der Waals surface area (Å²) >= 11 is 0. The molecule has 35 nitrogen and oxygen atoms in total. The first kappa shape index (κ1) is 121. The second-order valence-corrected chi connectivity index (χ2v) is 41.1. The van der Waals surface area contributed by atoms with E-state index in [1.165, 1.54) is 19.9 Å². The van der Waals surface area contributed by atoms with Gasteiger partial charge in [-0.2, -0.15) is 0 Å². The molecule has 8 fully saturated rings. The van der Waals surface area contributed by atoms with Gasteiger partial charge in [-0.05, 0) is 226 Å². The van der Waals surface area contributed by atoms with Crippen LogP contribution in [0.4, 0.5) is 0 Å². The van der Waals surface area contributed by atoms with Crippen molar-refractivity contribution < 1.29 is 172 Å². The molecule has 1 unspecified atom stereocenters. The zero-order valence-corrected chi connectivity index (χ0v) is 86.8. The minimum Gasteiger partial charge on any atom is -0.461 e. The molecule has 0 aromatic carbocycles. The van der Waals surface area contributed by atoms with Gasteiger partial charge in [-0.3, -0.25) is 9.59 Å². The van der Waals surface area contributed by atoms with Crippen LogP contribution in [-0.2, 0) is 100 Å². The number of allylic oxidation sites excluding steroid dienone is 4. The first-order valence-electron chi connectivity index (χ1n) is 50.3. The molecule has 0 aromatic rings. The molecule has 149 heavy (non-hydrogen) atoms. The van der Waals surface area contributed by atoms with E-state index in [0.717, 1.165) is 82.3 Å². The maximum absolute atomic E-state index is 12.6. The molecule has 15 aliphatic rings. The third-order valence-electron chi connectivity index (χ3n) is 29.4. The van der Waals surface area contributed by atoms with Gasteiger partial charge >= 0.3 is 59.7 Å². The van der Waals surface area contributed by atoms with Gasteiger partial charge in [0.15, 0.2) is 0 Å². The molecule has 0 aromatic heterocycles. The summed E-state index contributed by atoms with van der Waals surface area (Å²) in [6.07, 6.45) is 16.8. The number of epoxide rings is 1. The second-order valence-electron chi connectivity index (χ2n) is 41.1. The van der Waals surface area contributed by atoms with Crippen LogP contribution in [-0.4, -0.2) is 292 Å². The Morgan fingerprint density at radius 2 is 0.872 bits per heavy atom. The Hall–Kier alpha value is -11.4. The average Bonchev–Trinajstić information content (AvgIpc) is 1.58. The lowest BCUT2D eigenvalue weighted by molar-refractivity contribution is -0.151. The van der Waals surface area contributed by atoms with E-state index < -0.39 is 182 Å². The first-order chi connectivity index (χ1) is 70.1. The van der Waals surface area contributed by atoms with E-state index >= 15 is 0 Å². The van der Waals surface area contributed by atoms with Gasteiger partial charge in [0.25, 0.3) is 0 Å². The average molecular weight is 2080 g/mol. The molecule has 0 bridgehead atoms. The monoisotopic (exact) mass is 2080 g/mol. The maximum atomic E-state index is 12.6. The number of aliphatic hydroxyl groups excluding tert-OH is 14. The van der Waals surface area contributed by atoms with Gasteiger partial charge in [-0.1, -0.05) is 124 Å². The van der Waals surface area contributed by atoms with E-state index in [9.17, 15) is 114 Å². The van der Waals surface area contributed by atoms with Gasteiger partial charge in [0.05, 0.1) is 117 Å². The number of rotatable bonds is 10. The summed E-state index contributed by atoms with van der Waals surface area (Å²) in [6, 6.07) is 0. The van der Waals surface area contributed by atoms with Crippen LogP contribution < -0.4 is 0 Å². The van der Waals surface area contributed by atoms with Crippen molar-refractivity contribution >= 4 is 59.7 Å². The third kappa shape index (κ3) is 32.4. The molecule has 8 heterocycles. The van der Waals surface area contributed by atoms with Crippen LogP contribution in [0.1, 0.15) is 191 Å². The number of hydrogen-bond donors (Lipinski definition) is 14. The molecule has 0 saturated carbocycles. The molecule has 8 aliphatic heterocycles. The van der Waals surface area contributed by atoms with Gasteiger partial charge in [0.1, 0.15) is 73.2 Å². The van der Waals surface area contributed by atoms with Gasteiger partial charge in [0.2, 0.25) is 0 Å². The summed E-state index contributed by atoms with van der Waals surface area (Å²) in [4.78, 5) is 118. The number of esters is 10. The number of ether oxygens (including phenoxy) is 11. The Morgan fingerprint density at radius 1 is 0.409 bits per heavy atom. The molecule has 0 amide bonds. The minimum absolute atomic E-state index is 0.0427. The number of carbonyl (C=O) groups is 10. The first-order valence-corrected chi connectivity index (χ1v) is 50.3. The van der Waals surface area contributed by atoms with E-state index in [0.29, 0.717) is 96.0 Å². The Morgan fingerprint density at radius 3 is 1.42 bits per heavy atom. The Bertz CT molecular complexity index is 5490. The van der Waals surface area contributed by atoms with Crippen molar-refractivity contribution in [3.05, 3.63) is 250 Å². The normalized spacial score (nSPS) is 37.8. The summed E-state index contributed by atoms with van der Waals surface area (Å²) in [6.45, 7) is 53.7. The number of aliphatic hydroxyl groups is 14. The fourth-order valence-corrected chi connectivity index (χ4v) is 20.4. The summed E-state index contributed by atoms with van der Waals surface area (Å²) in [5.41, 5.74) is 11.9. The lowest BCUT2D eigenvalue weighted by Gasteiger charge is -2.30. The zero-order valence-electron chi connectivity index (χ0n) is 86.8. The van der Waals surface area contributed by atoms with Crippen molar-refractivity contribution in [2.75, 3.05) is 33.0 Å². The topological polar surface area (TPSA) is 559 Å². The van der Waals surface area contributed by atoms with Crippen molar-refractivity contribution in [1.29, 1.82) is 0 Å². The molecule has 816 valence electrons. The summed E-state index contributed by atoms with van der Waals surface area (Å²) < 4.78 is 59.3. The van der Waals surface area contributed by atoms with Crippen LogP contribution in [0.15, 0.2) is 250 Å². The highest BCUT2D eigenvalue weighted by Crippen LogP contribution is 2.50. The standard InChI is InChI=1S/C22H28O10.C17H22O6.C15H20O5.2C15H20O4.2C15H20O3/c1-10(14(26)9-24)20(27)31-17-7-22(4)18(32-22)6-15(29-12(3)25)13(8-23)5-16-19(17)11(2)21(28)30-16;1-8-5-12(19)16(20)9(2)7-14(22-11(4)18)15-10(3)17(21)23-13(15)6-8;1-9-14-12(18)5-10(7-16)3-2-4-11(8-17)6-13(14)20-15(9)19;1-8-4-5-11-10(3)15(18)19-14(11)6-9(2)13(17)7-12(8)16;1-9-4-3-5-11(8-16)7-13-14(12(17)6-9)10(2)15(18)19-13;1-9-4-7-13(16)10(2)5-6-12-11(3)15(17)18-14(12)8-9;1-9-4-5-13-11(3)15(17)18-14(13)8-10(2)7-12(16)6-9/h5,14-19,23-24,26H,1-2,6-9H2,3-4H3;6,12-16,19-20H,2-3,5,7H2,1,4H3;3,6,12-14,16-18H,1-2,4-5,7-8H2;6,11-14,16-17H,1,3-5,7H2,2H3;4,7,12-14,16-17H,2-3,5-6,8H2,1H3;4-5,12-14,16H,3,6-8H2,1-2H3;6,8,12-14,16H,3-5,7H2,1-2H3/b13-5+;8-6+;10-3-,11-6-;9-6+;9-4+,11-7-;9-4+,10-5+;9-6+,10-8+/t14?,15-,16+,17-,18-,19-,22-;12-,13+,14-,15-,16+;12-,13+,14+;11-,12-,13-,14+;2*12-,13+,14+;12-,13+,14-/m0000011/s1. The molecule has 28 atom stereocenters. The van der Waals surface area contributed by atoms with Gasteiger partial charge < -0.3 is 124 Å². The molecule has 7 aliphatic carbocycles. The highest BCUT2D eigenvalue weighted by molar-refractivity contribution is 5.95. The molecule has 15 rings (SSSR count). The van der Waals surface area contributed by atoms with Crippen molar-refractivity contribution in [1.82, 2.24) is 0 Å². The molecule has 8 saturated heterocycles. The van der Waals surface area contributed by atoms with Crippen LogP contribution in [0.3, 0.4) is 0 Å². The highest BCUT2D eigenvalue weighted by Gasteiger charge is 2.59. The molecular weight excluding hydrogens is 1930 g/mol. The SMILES string of the molecule is C=C(C(=O)O[C@H]1C[C@]2(C)O[C@H]2C[C@H](OC(C)=O)/C(CO)=C/[C@H]2OC(=O)C(=C)[C@H]12)C(O)CO.C=C1C(=O)O[C@@H]2/C=C(\C)C[C@H](O)/C=C(\C)CC[C@@H]12.C=C1C(=O)O[C@@H]2/C=C(\C)C[C@H](O)[C@H](O)C(=C)C[C@H](OC(C)=O)[C@@H]12.C=C1C(=O)O[C@@H]2/C=C(\CO)CC/C=C(\C)C[C@H](O)[C@@H]12.C=C1C(=O)O[C@@H]2/C=C(\CO)CC/C=C(\CO)C[C@H](O)[C@@H]12.C=C1C(=O)O[C@H]2C/C(C)=C/C[C@H](O)/C(C)=C/C[C@H]12.C=C1CC[C@H]2C(=C)C(=O)O[C@@H]2/C=C(\C)[C@@H](O)C[C@@H]1O. The van der Waals surface area contributed by atoms with Crippen LogP contribution in [0.5, 0.6) is 0 Å². The second kappa shape index (κ2) is 54.6. The van der Waals surface area contributed by atoms with Gasteiger partial charge in [0, 0.05) is 103 Å². The van der Waals surface area contributed by atoms with Crippen molar-refractivity contribution in [3.63, 3.8) is 0 Å². The molecule has 35 heteroatoms. The largest absolute Gasteiger partial charge is 0.461 e. The fraction of sp³-hybridized carbons (Fsp3) is 0.544. The maximum Gasteiger partial charge on any atom is 0.336 e. The Labute approximate surface area is 869 Å². The summed E-state index contributed by atoms with van der Waals surface area (Å²) in [7, 11) is 0. The van der Waals surface area contributed by atoms with Crippen molar-refractivity contribution in [3.8, 4) is 0 Å². The predicted molar refractivity (Wildman–Crippen MR) is 545 cm³/mol. The minimum atomic E-state index is -1.49. The number of carbonyl (C=O) groups excluding carboxylic acids is 10. The van der Waals surface area contributed by atoms with E-state index in [1.54, 1.807) is 45.1 Å². The predicted octanol–water partition coefficient (Wildman–Crippen LogP) is 9.24. The van der Waals surface area contributed by atoms with Gasteiger partial charge in [-0.15, -0.1) is 0 Å². The van der Waals surface area contributed by atoms with E-state index in [1.807, 2.05) is 65.0 Å².